The summed E-state index contributed by atoms with van der Waals surface area (Å²) in [6, 6.07) is 0. The van der Waals surface area contributed by atoms with E-state index in [9.17, 15) is 0 Å². The van der Waals surface area contributed by atoms with Crippen molar-refractivity contribution in [2.45, 2.75) is 39.5 Å². The Hall–Kier alpha value is -0.0400. The first-order valence-corrected chi connectivity index (χ1v) is 5.03. The van der Waals surface area contributed by atoms with Crippen LogP contribution in [0.3, 0.4) is 0 Å². The summed E-state index contributed by atoms with van der Waals surface area (Å²) in [6.07, 6.45) is 5.64. The molecule has 1 saturated heterocycles. The molecule has 1 fully saturated rings. The monoisotopic (exact) mass is 155 g/mol. The molecule has 1 aliphatic heterocycles. The molecule has 0 aliphatic carbocycles. The molecule has 0 amide bonds. The van der Waals surface area contributed by atoms with Gasteiger partial charge in [0.25, 0.3) is 0 Å². The third-order valence-electron chi connectivity index (χ3n) is 2.65. The first-order chi connectivity index (χ1) is 5.33. The fourth-order valence-electron chi connectivity index (χ4n) is 2.10. The number of nitrogens with one attached hydrogen (secondary N) is 1. The molecule has 1 N–H and O–H groups in total. The van der Waals surface area contributed by atoms with Crippen molar-refractivity contribution in [2.24, 2.45) is 11.8 Å². The van der Waals surface area contributed by atoms with E-state index in [1.54, 1.807) is 0 Å². The minimum absolute atomic E-state index is 0.897. The van der Waals surface area contributed by atoms with Gasteiger partial charge in [0.1, 0.15) is 0 Å². The first-order valence-electron chi connectivity index (χ1n) is 5.03. The van der Waals surface area contributed by atoms with Crippen LogP contribution >= 0.6 is 0 Å². The molecule has 1 aliphatic rings. The zero-order valence-corrected chi connectivity index (χ0v) is 7.90. The Bertz CT molecular complexity index is 101. The van der Waals surface area contributed by atoms with E-state index >= 15 is 0 Å². The lowest BCUT2D eigenvalue weighted by atomic mass is 9.91. The second-order valence-corrected chi connectivity index (χ2v) is 3.99. The van der Waals surface area contributed by atoms with Crippen LogP contribution in [0.15, 0.2) is 0 Å². The van der Waals surface area contributed by atoms with E-state index in [1.807, 2.05) is 0 Å². The molecule has 1 heteroatoms. The fourth-order valence-corrected chi connectivity index (χ4v) is 2.10. The summed E-state index contributed by atoms with van der Waals surface area (Å²) in [5.74, 6) is 1.90. The molecule has 1 nitrogen and oxygen atoms in total. The van der Waals surface area contributed by atoms with Gasteiger partial charge in [0.2, 0.25) is 0 Å². The topological polar surface area (TPSA) is 12.0 Å². The quantitative estimate of drug-likeness (QED) is 0.646. The van der Waals surface area contributed by atoms with E-state index in [-0.39, 0.29) is 0 Å². The summed E-state index contributed by atoms with van der Waals surface area (Å²) in [5, 5.41) is 3.49. The molecule has 2 atom stereocenters. The van der Waals surface area contributed by atoms with Crippen LogP contribution in [-0.4, -0.2) is 13.1 Å². The molecule has 1 heterocycles. The van der Waals surface area contributed by atoms with Gasteiger partial charge in [-0.2, -0.15) is 0 Å². The van der Waals surface area contributed by atoms with Crippen LogP contribution in [0.4, 0.5) is 0 Å². The highest BCUT2D eigenvalue weighted by atomic mass is 14.9. The second kappa shape index (κ2) is 4.76. The highest BCUT2D eigenvalue weighted by molar-refractivity contribution is 4.70. The van der Waals surface area contributed by atoms with Gasteiger partial charge >= 0.3 is 0 Å². The predicted molar refractivity (Wildman–Crippen MR) is 49.7 cm³/mol. The Labute approximate surface area is 70.6 Å². The average Bonchev–Trinajstić information content (AvgIpc) is 2.15. The van der Waals surface area contributed by atoms with E-state index < -0.39 is 0 Å². The van der Waals surface area contributed by atoms with Crippen LogP contribution < -0.4 is 5.32 Å². The van der Waals surface area contributed by atoms with Crippen LogP contribution in [0.1, 0.15) is 39.5 Å². The molecule has 0 spiro atoms. The van der Waals surface area contributed by atoms with Crippen LogP contribution in [0.5, 0.6) is 0 Å². The van der Waals surface area contributed by atoms with Crippen molar-refractivity contribution in [1.82, 2.24) is 5.32 Å². The van der Waals surface area contributed by atoms with Gasteiger partial charge < -0.3 is 5.32 Å². The largest absolute Gasteiger partial charge is 0.316 e. The highest BCUT2D eigenvalue weighted by Gasteiger charge is 2.15. The van der Waals surface area contributed by atoms with Gasteiger partial charge in [-0.05, 0) is 37.8 Å². The van der Waals surface area contributed by atoms with Crippen molar-refractivity contribution >= 4 is 0 Å². The molecular formula is C10H21N. The Morgan fingerprint density at radius 1 is 1.45 bits per heavy atom. The average molecular weight is 155 g/mol. The number of hydrogen-bond donors (Lipinski definition) is 1. The van der Waals surface area contributed by atoms with E-state index in [1.165, 1.54) is 38.8 Å². The van der Waals surface area contributed by atoms with Gasteiger partial charge in [0.05, 0.1) is 0 Å². The third kappa shape index (κ3) is 3.24. The maximum Gasteiger partial charge on any atom is -0.00231 e. The van der Waals surface area contributed by atoms with Gasteiger partial charge in [0.15, 0.2) is 0 Å². The molecule has 66 valence electrons. The zero-order valence-electron chi connectivity index (χ0n) is 7.90. The summed E-state index contributed by atoms with van der Waals surface area (Å²) in [6.45, 7) is 7.14. The number of hydrogen-bond acceptors (Lipinski definition) is 1. The Kier molecular flexibility index (Phi) is 3.92. The molecular weight excluding hydrogens is 134 g/mol. The molecule has 1 rings (SSSR count). The van der Waals surface area contributed by atoms with Crippen molar-refractivity contribution in [3.05, 3.63) is 0 Å². The van der Waals surface area contributed by atoms with Crippen LogP contribution in [-0.2, 0) is 0 Å². The van der Waals surface area contributed by atoms with Crippen molar-refractivity contribution in [1.29, 1.82) is 0 Å². The highest BCUT2D eigenvalue weighted by Crippen LogP contribution is 2.22. The van der Waals surface area contributed by atoms with Gasteiger partial charge in [-0.1, -0.05) is 26.7 Å². The van der Waals surface area contributed by atoms with E-state index in [0.717, 1.165) is 11.8 Å². The molecule has 0 aromatic rings. The van der Waals surface area contributed by atoms with E-state index in [2.05, 4.69) is 19.2 Å². The van der Waals surface area contributed by atoms with E-state index in [0.29, 0.717) is 0 Å². The minimum Gasteiger partial charge on any atom is -0.316 e. The molecule has 11 heavy (non-hydrogen) atoms. The van der Waals surface area contributed by atoms with Gasteiger partial charge in [0, 0.05) is 0 Å². The third-order valence-corrected chi connectivity index (χ3v) is 2.65. The van der Waals surface area contributed by atoms with Gasteiger partial charge in [-0.15, -0.1) is 0 Å². The van der Waals surface area contributed by atoms with Crippen molar-refractivity contribution in [3.8, 4) is 0 Å². The second-order valence-electron chi connectivity index (χ2n) is 3.99. The van der Waals surface area contributed by atoms with E-state index in [4.69, 9.17) is 0 Å². The molecule has 0 bridgehead atoms. The summed E-state index contributed by atoms with van der Waals surface area (Å²) in [7, 11) is 0. The standard InChI is InChI=1S/C10H21N/c1-3-4-10-5-6-11-8-9(2)7-10/h9-11H,3-8H2,1-2H3. The Balaban J connectivity index is 2.27. The Morgan fingerprint density at radius 2 is 2.27 bits per heavy atom. The Morgan fingerprint density at radius 3 is 3.00 bits per heavy atom. The van der Waals surface area contributed by atoms with Gasteiger partial charge in [-0.3, -0.25) is 0 Å². The lowest BCUT2D eigenvalue weighted by Gasteiger charge is -2.14. The fraction of sp³-hybridized carbons (Fsp3) is 1.00. The predicted octanol–water partition coefficient (Wildman–Crippen LogP) is 2.42. The number of rotatable bonds is 2. The maximum atomic E-state index is 3.49. The van der Waals surface area contributed by atoms with Crippen molar-refractivity contribution in [3.63, 3.8) is 0 Å². The molecule has 0 radical (unpaired) electrons. The van der Waals surface area contributed by atoms with Gasteiger partial charge in [-0.25, -0.2) is 0 Å². The SMILES string of the molecule is CCCC1CCNCC(C)C1. The maximum absolute atomic E-state index is 3.49. The normalized spacial score (nSPS) is 33.3. The lowest BCUT2D eigenvalue weighted by molar-refractivity contribution is 0.384. The molecule has 2 unspecified atom stereocenters. The summed E-state index contributed by atoms with van der Waals surface area (Å²) in [4.78, 5) is 0. The van der Waals surface area contributed by atoms with Crippen LogP contribution in [0.2, 0.25) is 0 Å². The minimum atomic E-state index is 0.897. The molecule has 0 aromatic heterocycles. The lowest BCUT2D eigenvalue weighted by Crippen LogP contribution is -2.18. The van der Waals surface area contributed by atoms with Crippen LogP contribution in [0.25, 0.3) is 0 Å². The van der Waals surface area contributed by atoms with Crippen molar-refractivity contribution < 1.29 is 0 Å². The van der Waals surface area contributed by atoms with Crippen LogP contribution in [0, 0.1) is 11.8 Å². The smallest absolute Gasteiger partial charge is 0.00231 e. The summed E-state index contributed by atoms with van der Waals surface area (Å²) >= 11 is 0. The zero-order chi connectivity index (χ0) is 8.10. The summed E-state index contributed by atoms with van der Waals surface area (Å²) in [5.41, 5.74) is 0. The molecule has 0 aromatic carbocycles. The molecule has 0 saturated carbocycles. The first kappa shape index (κ1) is 9.05. The van der Waals surface area contributed by atoms with Crippen molar-refractivity contribution in [2.75, 3.05) is 13.1 Å². The summed E-state index contributed by atoms with van der Waals surface area (Å²) < 4.78 is 0.